The molecule has 0 atom stereocenters. The lowest BCUT2D eigenvalue weighted by molar-refractivity contribution is -0.138. The quantitative estimate of drug-likeness (QED) is 0.871. The molecule has 0 unspecified atom stereocenters. The molecule has 0 spiro atoms. The molecule has 1 saturated heterocycles. The second-order valence-electron chi connectivity index (χ2n) is 5.73. The number of carbonyl (C=O) groups excluding carboxylic acids is 1. The Bertz CT molecular complexity index is 526. The summed E-state index contributed by atoms with van der Waals surface area (Å²) < 4.78 is 0. The molecule has 0 aromatic heterocycles. The SMILES string of the molecule is CC(C)(CC(=O)O)c1cccc(N2CCNCC2=O)c1. The van der Waals surface area contributed by atoms with E-state index in [-0.39, 0.29) is 12.3 Å². The van der Waals surface area contributed by atoms with E-state index in [1.165, 1.54) is 0 Å². The molecule has 1 heterocycles. The summed E-state index contributed by atoms with van der Waals surface area (Å²) in [5, 5.41) is 12.0. The molecule has 0 aliphatic carbocycles. The highest BCUT2D eigenvalue weighted by atomic mass is 16.4. The Morgan fingerprint density at radius 1 is 1.45 bits per heavy atom. The van der Waals surface area contributed by atoms with Gasteiger partial charge in [-0.2, -0.15) is 0 Å². The summed E-state index contributed by atoms with van der Waals surface area (Å²) in [6.45, 7) is 5.57. The predicted octanol–water partition coefficient (Wildman–Crippen LogP) is 1.38. The van der Waals surface area contributed by atoms with Crippen LogP contribution >= 0.6 is 0 Å². The van der Waals surface area contributed by atoms with E-state index in [4.69, 9.17) is 5.11 Å². The molecule has 5 nitrogen and oxygen atoms in total. The van der Waals surface area contributed by atoms with Gasteiger partial charge in [-0.1, -0.05) is 26.0 Å². The third kappa shape index (κ3) is 3.17. The van der Waals surface area contributed by atoms with Gasteiger partial charge in [0, 0.05) is 24.2 Å². The van der Waals surface area contributed by atoms with Crippen molar-refractivity contribution in [2.75, 3.05) is 24.5 Å². The van der Waals surface area contributed by atoms with E-state index in [1.54, 1.807) is 4.90 Å². The first kappa shape index (κ1) is 14.5. The molecule has 1 aliphatic rings. The van der Waals surface area contributed by atoms with Crippen LogP contribution in [0.25, 0.3) is 0 Å². The Balaban J connectivity index is 2.27. The number of anilines is 1. The van der Waals surface area contributed by atoms with Crippen molar-refractivity contribution in [3.8, 4) is 0 Å². The van der Waals surface area contributed by atoms with Gasteiger partial charge in [0.05, 0.1) is 13.0 Å². The summed E-state index contributed by atoms with van der Waals surface area (Å²) >= 11 is 0. The minimum Gasteiger partial charge on any atom is -0.481 e. The van der Waals surface area contributed by atoms with Crippen LogP contribution in [0.2, 0.25) is 0 Å². The maximum Gasteiger partial charge on any atom is 0.304 e. The van der Waals surface area contributed by atoms with Crippen LogP contribution in [0.15, 0.2) is 24.3 Å². The summed E-state index contributed by atoms with van der Waals surface area (Å²) in [4.78, 5) is 24.6. The van der Waals surface area contributed by atoms with Crippen molar-refractivity contribution in [2.45, 2.75) is 25.7 Å². The average Bonchev–Trinajstić information content (AvgIpc) is 2.38. The van der Waals surface area contributed by atoms with Crippen LogP contribution in [0.1, 0.15) is 25.8 Å². The molecule has 1 aliphatic heterocycles. The van der Waals surface area contributed by atoms with Crippen molar-refractivity contribution in [3.05, 3.63) is 29.8 Å². The van der Waals surface area contributed by atoms with Crippen molar-refractivity contribution in [1.29, 1.82) is 0 Å². The standard InChI is InChI=1S/C15H20N2O3/c1-15(2,9-14(19)20)11-4-3-5-12(8-11)17-7-6-16-10-13(17)18/h3-5,8,16H,6-7,9-10H2,1-2H3,(H,19,20). The van der Waals surface area contributed by atoms with Crippen molar-refractivity contribution >= 4 is 17.6 Å². The number of hydrogen-bond donors (Lipinski definition) is 2. The van der Waals surface area contributed by atoms with E-state index in [9.17, 15) is 9.59 Å². The first-order valence-corrected chi connectivity index (χ1v) is 6.73. The number of amides is 1. The highest BCUT2D eigenvalue weighted by Gasteiger charge is 2.26. The van der Waals surface area contributed by atoms with Gasteiger partial charge in [0.2, 0.25) is 5.91 Å². The van der Waals surface area contributed by atoms with Gasteiger partial charge in [0.1, 0.15) is 0 Å². The van der Waals surface area contributed by atoms with Gasteiger partial charge in [-0.25, -0.2) is 0 Å². The lowest BCUT2D eigenvalue weighted by atomic mass is 9.81. The fraction of sp³-hybridized carbons (Fsp3) is 0.467. The van der Waals surface area contributed by atoms with E-state index >= 15 is 0 Å². The molecule has 0 radical (unpaired) electrons. The topological polar surface area (TPSA) is 69.6 Å². The smallest absolute Gasteiger partial charge is 0.304 e. The van der Waals surface area contributed by atoms with Crippen LogP contribution in [0.3, 0.4) is 0 Å². The number of carbonyl (C=O) groups is 2. The Morgan fingerprint density at radius 3 is 2.85 bits per heavy atom. The molecule has 2 rings (SSSR count). The Labute approximate surface area is 118 Å². The van der Waals surface area contributed by atoms with Crippen LogP contribution in [0.4, 0.5) is 5.69 Å². The number of hydrogen-bond acceptors (Lipinski definition) is 3. The molecule has 5 heteroatoms. The third-order valence-electron chi connectivity index (χ3n) is 3.62. The number of carboxylic acid groups (broad SMARTS) is 1. The van der Waals surface area contributed by atoms with E-state index in [0.29, 0.717) is 13.1 Å². The number of carboxylic acids is 1. The highest BCUT2D eigenvalue weighted by Crippen LogP contribution is 2.30. The summed E-state index contributed by atoms with van der Waals surface area (Å²) in [6.07, 6.45) is 0.0615. The van der Waals surface area contributed by atoms with Crippen LogP contribution in [-0.2, 0) is 15.0 Å². The van der Waals surface area contributed by atoms with Crippen LogP contribution < -0.4 is 10.2 Å². The van der Waals surface area contributed by atoms with Gasteiger partial charge in [0.25, 0.3) is 0 Å². The first-order valence-electron chi connectivity index (χ1n) is 6.73. The first-order chi connectivity index (χ1) is 9.40. The van der Waals surface area contributed by atoms with Crippen LogP contribution in [-0.4, -0.2) is 36.6 Å². The van der Waals surface area contributed by atoms with E-state index in [0.717, 1.165) is 17.8 Å². The summed E-state index contributed by atoms with van der Waals surface area (Å²) in [5.41, 5.74) is 1.31. The normalized spacial score (nSPS) is 16.3. The van der Waals surface area contributed by atoms with Gasteiger partial charge in [-0.05, 0) is 17.7 Å². The molecular weight excluding hydrogens is 256 g/mol. The zero-order valence-corrected chi connectivity index (χ0v) is 11.8. The molecule has 0 bridgehead atoms. The molecule has 1 fully saturated rings. The summed E-state index contributed by atoms with van der Waals surface area (Å²) in [7, 11) is 0. The Hall–Kier alpha value is -1.88. The van der Waals surface area contributed by atoms with Gasteiger partial charge >= 0.3 is 5.97 Å². The molecule has 1 aromatic carbocycles. The molecule has 108 valence electrons. The highest BCUT2D eigenvalue weighted by molar-refractivity contribution is 5.95. The maximum absolute atomic E-state index is 11.9. The Kier molecular flexibility index (Phi) is 4.09. The van der Waals surface area contributed by atoms with Crippen molar-refractivity contribution in [3.63, 3.8) is 0 Å². The number of aliphatic carboxylic acids is 1. The number of nitrogens with one attached hydrogen (secondary N) is 1. The molecular formula is C15H20N2O3. The van der Waals surface area contributed by atoms with Gasteiger partial charge < -0.3 is 15.3 Å². The average molecular weight is 276 g/mol. The van der Waals surface area contributed by atoms with Crippen molar-refractivity contribution in [1.82, 2.24) is 5.32 Å². The molecule has 1 amide bonds. The van der Waals surface area contributed by atoms with Gasteiger partial charge in [0.15, 0.2) is 0 Å². The second kappa shape index (κ2) is 5.63. The number of nitrogens with zero attached hydrogens (tertiary/aromatic N) is 1. The van der Waals surface area contributed by atoms with Gasteiger partial charge in [-0.3, -0.25) is 9.59 Å². The monoisotopic (exact) mass is 276 g/mol. The number of benzene rings is 1. The second-order valence-corrected chi connectivity index (χ2v) is 5.73. The number of piperazine rings is 1. The minimum absolute atomic E-state index is 0.0458. The lowest BCUT2D eigenvalue weighted by Gasteiger charge is -2.29. The van der Waals surface area contributed by atoms with Crippen LogP contribution in [0.5, 0.6) is 0 Å². The van der Waals surface area contributed by atoms with E-state index in [2.05, 4.69) is 5.32 Å². The lowest BCUT2D eigenvalue weighted by Crippen LogP contribution is -2.48. The molecule has 2 N–H and O–H groups in total. The zero-order valence-electron chi connectivity index (χ0n) is 11.8. The fourth-order valence-corrected chi connectivity index (χ4v) is 2.45. The summed E-state index contributed by atoms with van der Waals surface area (Å²) in [5.74, 6) is -0.775. The van der Waals surface area contributed by atoms with Gasteiger partial charge in [-0.15, -0.1) is 0 Å². The third-order valence-corrected chi connectivity index (χ3v) is 3.62. The molecule has 0 saturated carbocycles. The van der Waals surface area contributed by atoms with Crippen molar-refractivity contribution < 1.29 is 14.7 Å². The minimum atomic E-state index is -0.821. The maximum atomic E-state index is 11.9. The summed E-state index contributed by atoms with van der Waals surface area (Å²) in [6, 6.07) is 7.61. The Morgan fingerprint density at radius 2 is 2.20 bits per heavy atom. The fourth-order valence-electron chi connectivity index (χ4n) is 2.45. The number of rotatable bonds is 4. The molecule has 1 aromatic rings. The van der Waals surface area contributed by atoms with Crippen LogP contribution in [0, 0.1) is 0 Å². The molecule has 20 heavy (non-hydrogen) atoms. The largest absolute Gasteiger partial charge is 0.481 e. The predicted molar refractivity (Wildman–Crippen MR) is 76.9 cm³/mol. The van der Waals surface area contributed by atoms with E-state index < -0.39 is 11.4 Å². The van der Waals surface area contributed by atoms with E-state index in [1.807, 2.05) is 38.1 Å². The zero-order chi connectivity index (χ0) is 14.8. The van der Waals surface area contributed by atoms with Crippen molar-refractivity contribution in [2.24, 2.45) is 0 Å².